The van der Waals surface area contributed by atoms with Gasteiger partial charge in [0.2, 0.25) is 5.91 Å². The molecule has 0 aliphatic rings. The molecule has 0 saturated heterocycles. The van der Waals surface area contributed by atoms with Gasteiger partial charge in [-0.15, -0.1) is 0 Å². The number of carbonyl (C=O) groups is 1. The molecule has 0 unspecified atom stereocenters. The standard InChI is InChI=1S/C20H21Br2NO2/c1-20(2,3)14-7-8-17(15(21)12-14)23-19(24)10-6-13-5-9-18(25-4)16(22)11-13/h5-12H,1-4H3,(H,23,24)/b10-6+. The first-order valence-corrected chi connectivity index (χ1v) is 9.42. The van der Waals surface area contributed by atoms with Crippen LogP contribution in [-0.2, 0) is 10.2 Å². The topological polar surface area (TPSA) is 38.3 Å². The summed E-state index contributed by atoms with van der Waals surface area (Å²) in [5.74, 6) is 0.570. The molecule has 2 aromatic carbocycles. The number of methoxy groups -OCH3 is 1. The van der Waals surface area contributed by atoms with Crippen LogP contribution >= 0.6 is 31.9 Å². The number of rotatable bonds is 4. The van der Waals surface area contributed by atoms with Crippen LogP contribution in [-0.4, -0.2) is 13.0 Å². The van der Waals surface area contributed by atoms with Gasteiger partial charge < -0.3 is 10.1 Å². The predicted molar refractivity (Wildman–Crippen MR) is 111 cm³/mol. The summed E-state index contributed by atoms with van der Waals surface area (Å²) >= 11 is 6.97. The van der Waals surface area contributed by atoms with Gasteiger partial charge in [-0.2, -0.15) is 0 Å². The van der Waals surface area contributed by atoms with E-state index in [1.807, 2.05) is 36.4 Å². The lowest BCUT2D eigenvalue weighted by atomic mass is 9.87. The molecule has 0 spiro atoms. The highest BCUT2D eigenvalue weighted by Crippen LogP contribution is 2.30. The number of ether oxygens (including phenoxy) is 1. The maximum Gasteiger partial charge on any atom is 0.248 e. The average Bonchev–Trinajstić information content (AvgIpc) is 2.54. The SMILES string of the molecule is COc1ccc(/C=C/C(=O)Nc2ccc(C(C)(C)C)cc2Br)cc1Br. The molecule has 0 radical (unpaired) electrons. The van der Waals surface area contributed by atoms with Gasteiger partial charge in [0.1, 0.15) is 5.75 Å². The molecule has 132 valence electrons. The minimum atomic E-state index is -0.184. The maximum absolute atomic E-state index is 12.2. The Balaban J connectivity index is 2.08. The van der Waals surface area contributed by atoms with E-state index >= 15 is 0 Å². The number of anilines is 1. The van der Waals surface area contributed by atoms with E-state index in [1.54, 1.807) is 13.2 Å². The summed E-state index contributed by atoms with van der Waals surface area (Å²) in [6.45, 7) is 6.47. The van der Waals surface area contributed by atoms with Gasteiger partial charge in [0.25, 0.3) is 0 Å². The molecular weight excluding hydrogens is 446 g/mol. The van der Waals surface area contributed by atoms with E-state index < -0.39 is 0 Å². The van der Waals surface area contributed by atoms with Crippen molar-refractivity contribution in [1.82, 2.24) is 0 Å². The Morgan fingerprint density at radius 3 is 2.36 bits per heavy atom. The molecule has 0 heterocycles. The quantitative estimate of drug-likeness (QED) is 0.547. The Bertz CT molecular complexity index is 808. The van der Waals surface area contributed by atoms with Crippen LogP contribution in [0.2, 0.25) is 0 Å². The van der Waals surface area contributed by atoms with E-state index in [0.29, 0.717) is 0 Å². The van der Waals surface area contributed by atoms with Gasteiger partial charge in [-0.25, -0.2) is 0 Å². The van der Waals surface area contributed by atoms with Gasteiger partial charge in [-0.3, -0.25) is 4.79 Å². The molecule has 0 aromatic heterocycles. The van der Waals surface area contributed by atoms with Crippen molar-refractivity contribution < 1.29 is 9.53 Å². The van der Waals surface area contributed by atoms with Crippen LogP contribution in [0.25, 0.3) is 6.08 Å². The molecule has 3 nitrogen and oxygen atoms in total. The second-order valence-electron chi connectivity index (χ2n) is 6.66. The normalized spacial score (nSPS) is 11.6. The zero-order valence-corrected chi connectivity index (χ0v) is 17.9. The first-order valence-electron chi connectivity index (χ1n) is 7.83. The number of halogens is 2. The Kier molecular flexibility index (Phi) is 6.47. The summed E-state index contributed by atoms with van der Waals surface area (Å²) in [5.41, 5.74) is 2.92. The molecule has 25 heavy (non-hydrogen) atoms. The number of nitrogens with one attached hydrogen (secondary N) is 1. The van der Waals surface area contributed by atoms with Gasteiger partial charge in [-0.05, 0) is 78.7 Å². The van der Waals surface area contributed by atoms with Crippen LogP contribution in [0.4, 0.5) is 5.69 Å². The maximum atomic E-state index is 12.2. The highest BCUT2D eigenvalue weighted by molar-refractivity contribution is 9.11. The molecule has 0 aliphatic carbocycles. The highest BCUT2D eigenvalue weighted by Gasteiger charge is 2.15. The fourth-order valence-electron chi connectivity index (χ4n) is 2.22. The van der Waals surface area contributed by atoms with Crippen molar-refractivity contribution in [3.8, 4) is 5.75 Å². The first-order chi connectivity index (χ1) is 11.7. The van der Waals surface area contributed by atoms with E-state index in [0.717, 1.165) is 25.9 Å². The van der Waals surface area contributed by atoms with E-state index in [1.165, 1.54) is 11.6 Å². The van der Waals surface area contributed by atoms with Crippen LogP contribution < -0.4 is 10.1 Å². The predicted octanol–water partition coefficient (Wildman–Crippen LogP) is 6.17. The largest absolute Gasteiger partial charge is 0.496 e. The molecule has 5 heteroatoms. The molecule has 0 bridgehead atoms. The van der Waals surface area contributed by atoms with Gasteiger partial charge >= 0.3 is 0 Å². The van der Waals surface area contributed by atoms with Gasteiger partial charge in [0.15, 0.2) is 0 Å². The smallest absolute Gasteiger partial charge is 0.248 e. The van der Waals surface area contributed by atoms with Crippen molar-refractivity contribution in [1.29, 1.82) is 0 Å². The van der Waals surface area contributed by atoms with Crippen molar-refractivity contribution >= 4 is 49.5 Å². The van der Waals surface area contributed by atoms with Crippen molar-refractivity contribution in [2.24, 2.45) is 0 Å². The summed E-state index contributed by atoms with van der Waals surface area (Å²) in [5, 5.41) is 2.89. The fraction of sp³-hybridized carbons (Fsp3) is 0.250. The van der Waals surface area contributed by atoms with E-state index in [2.05, 4.69) is 57.9 Å². The summed E-state index contributed by atoms with van der Waals surface area (Å²) in [7, 11) is 1.62. The van der Waals surface area contributed by atoms with Crippen molar-refractivity contribution in [2.45, 2.75) is 26.2 Å². The number of carbonyl (C=O) groups excluding carboxylic acids is 1. The Labute approximate surface area is 165 Å². The minimum absolute atomic E-state index is 0.0622. The zero-order valence-electron chi connectivity index (χ0n) is 14.7. The van der Waals surface area contributed by atoms with Gasteiger partial charge in [0.05, 0.1) is 17.3 Å². The molecule has 2 aromatic rings. The number of amides is 1. The average molecular weight is 467 g/mol. The zero-order chi connectivity index (χ0) is 18.6. The van der Waals surface area contributed by atoms with E-state index in [-0.39, 0.29) is 11.3 Å². The van der Waals surface area contributed by atoms with Crippen LogP contribution in [0, 0.1) is 0 Å². The molecule has 0 atom stereocenters. The van der Waals surface area contributed by atoms with Crippen LogP contribution in [0.1, 0.15) is 31.9 Å². The fourth-order valence-corrected chi connectivity index (χ4v) is 3.25. The second kappa shape index (κ2) is 8.19. The Morgan fingerprint density at radius 1 is 1.08 bits per heavy atom. The lowest BCUT2D eigenvalue weighted by Gasteiger charge is -2.20. The molecule has 0 aliphatic heterocycles. The second-order valence-corrected chi connectivity index (χ2v) is 8.37. The van der Waals surface area contributed by atoms with Crippen LogP contribution in [0.5, 0.6) is 5.75 Å². The first kappa shape index (κ1) is 19.7. The summed E-state index contributed by atoms with van der Waals surface area (Å²) < 4.78 is 6.91. The van der Waals surface area contributed by atoms with Crippen molar-refractivity contribution in [3.63, 3.8) is 0 Å². The van der Waals surface area contributed by atoms with Crippen LogP contribution in [0.3, 0.4) is 0 Å². The summed E-state index contributed by atoms with van der Waals surface area (Å²) in [6, 6.07) is 11.6. The summed E-state index contributed by atoms with van der Waals surface area (Å²) in [4.78, 5) is 12.2. The third-order valence-corrected chi connectivity index (χ3v) is 4.97. The van der Waals surface area contributed by atoms with Crippen molar-refractivity contribution in [3.05, 3.63) is 62.5 Å². The Hall–Kier alpha value is -1.59. The monoisotopic (exact) mass is 465 g/mol. The molecule has 0 saturated carbocycles. The van der Waals surface area contributed by atoms with E-state index in [4.69, 9.17) is 4.74 Å². The third kappa shape index (κ3) is 5.44. The third-order valence-electron chi connectivity index (χ3n) is 3.70. The van der Waals surface area contributed by atoms with Crippen LogP contribution in [0.15, 0.2) is 51.4 Å². The minimum Gasteiger partial charge on any atom is -0.496 e. The molecule has 2 rings (SSSR count). The lowest BCUT2D eigenvalue weighted by molar-refractivity contribution is -0.111. The Morgan fingerprint density at radius 2 is 1.80 bits per heavy atom. The molecular formula is C20H21Br2NO2. The molecule has 0 fully saturated rings. The number of benzene rings is 2. The lowest BCUT2D eigenvalue weighted by Crippen LogP contribution is -2.12. The number of hydrogen-bond donors (Lipinski definition) is 1. The van der Waals surface area contributed by atoms with Gasteiger partial charge in [0, 0.05) is 10.5 Å². The summed E-state index contributed by atoms with van der Waals surface area (Å²) in [6.07, 6.45) is 3.27. The number of hydrogen-bond acceptors (Lipinski definition) is 2. The molecule has 1 N–H and O–H groups in total. The highest BCUT2D eigenvalue weighted by atomic mass is 79.9. The van der Waals surface area contributed by atoms with Gasteiger partial charge in [-0.1, -0.05) is 32.9 Å². The van der Waals surface area contributed by atoms with Crippen molar-refractivity contribution in [2.75, 3.05) is 12.4 Å². The van der Waals surface area contributed by atoms with E-state index in [9.17, 15) is 4.79 Å². The molecule has 1 amide bonds.